The second kappa shape index (κ2) is 6.87. The molecule has 0 saturated heterocycles. The van der Waals surface area contributed by atoms with Crippen LogP contribution in [0.5, 0.6) is 0 Å². The van der Waals surface area contributed by atoms with E-state index < -0.39 is 0 Å². The summed E-state index contributed by atoms with van der Waals surface area (Å²) < 4.78 is 0. The van der Waals surface area contributed by atoms with Crippen molar-refractivity contribution in [2.75, 3.05) is 0 Å². The normalized spacial score (nSPS) is 11.7. The highest BCUT2D eigenvalue weighted by Gasteiger charge is 2.11. The molecule has 0 aromatic heterocycles. The number of nitrogens with one attached hydrogen (secondary N) is 1. The van der Waals surface area contributed by atoms with Crippen LogP contribution in [0.15, 0.2) is 52.3 Å². The number of hydrogen-bond donors (Lipinski definition) is 1. The van der Waals surface area contributed by atoms with Crippen LogP contribution in [-0.2, 0) is 6.54 Å². The Kier molecular flexibility index (Phi) is 5.37. The van der Waals surface area contributed by atoms with Crippen LogP contribution in [0.2, 0.25) is 5.02 Å². The molecule has 0 aliphatic heterocycles. The van der Waals surface area contributed by atoms with Crippen LogP contribution in [0.25, 0.3) is 0 Å². The fourth-order valence-electron chi connectivity index (χ4n) is 1.88. The smallest absolute Gasteiger partial charge is 0.0410 e. The largest absolute Gasteiger partial charge is 0.308 e. The van der Waals surface area contributed by atoms with E-state index in [1.54, 1.807) is 11.8 Å². The van der Waals surface area contributed by atoms with Crippen molar-refractivity contribution in [1.29, 1.82) is 0 Å². The van der Waals surface area contributed by atoms with E-state index in [2.05, 4.69) is 69.4 Å². The number of halogens is 1. The van der Waals surface area contributed by atoms with Crippen LogP contribution >= 0.6 is 23.4 Å². The van der Waals surface area contributed by atoms with Crippen LogP contribution < -0.4 is 5.32 Å². The summed E-state index contributed by atoms with van der Waals surface area (Å²) in [5.41, 5.74) is 2.61. The van der Waals surface area contributed by atoms with E-state index in [0.29, 0.717) is 0 Å². The maximum absolute atomic E-state index is 6.15. The second-order valence-corrected chi connectivity index (χ2v) is 7.82. The van der Waals surface area contributed by atoms with Gasteiger partial charge in [-0.15, -0.1) is 0 Å². The minimum Gasteiger partial charge on any atom is -0.308 e. The molecule has 1 nitrogen and oxygen atoms in total. The number of rotatable bonds is 4. The van der Waals surface area contributed by atoms with Gasteiger partial charge in [0.1, 0.15) is 0 Å². The van der Waals surface area contributed by atoms with E-state index in [-0.39, 0.29) is 5.54 Å². The Hall–Kier alpha value is -0.960. The van der Waals surface area contributed by atoms with Gasteiger partial charge in [-0.3, -0.25) is 0 Å². The maximum atomic E-state index is 6.15. The highest BCUT2D eigenvalue weighted by molar-refractivity contribution is 7.99. The molecule has 0 spiro atoms. The number of aryl methyl sites for hydroxylation is 1. The second-order valence-electron chi connectivity index (χ2n) is 6.27. The van der Waals surface area contributed by atoms with E-state index in [4.69, 9.17) is 11.6 Å². The first-order chi connectivity index (χ1) is 9.83. The zero-order valence-electron chi connectivity index (χ0n) is 13.0. The summed E-state index contributed by atoms with van der Waals surface area (Å²) in [6.07, 6.45) is 0. The van der Waals surface area contributed by atoms with Crippen molar-refractivity contribution in [2.24, 2.45) is 0 Å². The summed E-state index contributed by atoms with van der Waals surface area (Å²) in [5, 5.41) is 4.31. The highest BCUT2D eigenvalue weighted by atomic mass is 35.5. The molecule has 0 radical (unpaired) electrons. The maximum Gasteiger partial charge on any atom is 0.0410 e. The van der Waals surface area contributed by atoms with E-state index in [1.807, 2.05) is 6.07 Å². The lowest BCUT2D eigenvalue weighted by molar-refractivity contribution is 0.422. The van der Waals surface area contributed by atoms with Gasteiger partial charge in [-0.25, -0.2) is 0 Å². The molecule has 0 aliphatic rings. The number of benzene rings is 2. The van der Waals surface area contributed by atoms with E-state index >= 15 is 0 Å². The third kappa shape index (κ3) is 5.39. The van der Waals surface area contributed by atoms with E-state index in [1.165, 1.54) is 20.9 Å². The minimum absolute atomic E-state index is 0.0914. The zero-order valence-corrected chi connectivity index (χ0v) is 14.6. The lowest BCUT2D eigenvalue weighted by Gasteiger charge is -2.21. The first-order valence-corrected chi connectivity index (χ1v) is 8.31. The average Bonchev–Trinajstić information content (AvgIpc) is 2.40. The molecule has 0 fully saturated rings. The van der Waals surface area contributed by atoms with E-state index in [0.717, 1.165) is 11.6 Å². The summed E-state index contributed by atoms with van der Waals surface area (Å²) in [7, 11) is 0. The summed E-state index contributed by atoms with van der Waals surface area (Å²) in [4.78, 5) is 2.50. The van der Waals surface area contributed by atoms with Crippen molar-refractivity contribution in [3.05, 3.63) is 58.6 Å². The summed E-state index contributed by atoms with van der Waals surface area (Å²) in [6.45, 7) is 9.44. The van der Waals surface area contributed by atoms with Crippen molar-refractivity contribution < 1.29 is 0 Å². The average molecular weight is 320 g/mol. The van der Waals surface area contributed by atoms with Gasteiger partial charge in [0, 0.05) is 26.9 Å². The molecule has 2 rings (SSSR count). The third-order valence-electron chi connectivity index (χ3n) is 3.08. The summed E-state index contributed by atoms with van der Waals surface area (Å²) in [6, 6.07) is 14.7. The Morgan fingerprint density at radius 2 is 1.71 bits per heavy atom. The molecule has 0 heterocycles. The first-order valence-electron chi connectivity index (χ1n) is 7.11. The first kappa shape index (κ1) is 16.4. The molecule has 2 aromatic carbocycles. The van der Waals surface area contributed by atoms with Crippen molar-refractivity contribution in [1.82, 2.24) is 5.32 Å². The van der Waals surface area contributed by atoms with Gasteiger partial charge in [-0.2, -0.15) is 0 Å². The molecule has 112 valence electrons. The predicted molar refractivity (Wildman–Crippen MR) is 93.3 cm³/mol. The summed E-state index contributed by atoms with van der Waals surface area (Å²) in [5.74, 6) is 0. The van der Waals surface area contributed by atoms with Crippen LogP contribution in [-0.4, -0.2) is 5.54 Å². The predicted octanol–water partition coefficient (Wildman–Crippen LogP) is 5.69. The third-order valence-corrected chi connectivity index (χ3v) is 4.44. The molecular formula is C18H22ClNS. The van der Waals surface area contributed by atoms with E-state index in [9.17, 15) is 0 Å². The molecule has 0 bridgehead atoms. The van der Waals surface area contributed by atoms with Crippen molar-refractivity contribution in [3.63, 3.8) is 0 Å². The van der Waals surface area contributed by atoms with Gasteiger partial charge in [0.25, 0.3) is 0 Å². The fraction of sp³-hybridized carbons (Fsp3) is 0.333. The van der Waals surface area contributed by atoms with Gasteiger partial charge in [0.05, 0.1) is 0 Å². The van der Waals surface area contributed by atoms with Gasteiger partial charge >= 0.3 is 0 Å². The molecule has 3 heteroatoms. The Morgan fingerprint density at radius 1 is 1.05 bits per heavy atom. The summed E-state index contributed by atoms with van der Waals surface area (Å²) >= 11 is 7.94. The van der Waals surface area contributed by atoms with Gasteiger partial charge in [-0.1, -0.05) is 41.1 Å². The minimum atomic E-state index is 0.0914. The SMILES string of the molecule is Cc1ccc(Sc2ccc(Cl)cc2CNC(C)(C)C)cc1. The molecule has 0 aliphatic carbocycles. The van der Waals surface area contributed by atoms with Crippen LogP contribution in [0.1, 0.15) is 31.9 Å². The molecule has 0 atom stereocenters. The Labute approximate surface area is 137 Å². The molecule has 0 amide bonds. The van der Waals surface area contributed by atoms with Gasteiger partial charge in [0.2, 0.25) is 0 Å². The molecule has 21 heavy (non-hydrogen) atoms. The van der Waals surface area contributed by atoms with Crippen LogP contribution in [0.4, 0.5) is 0 Å². The number of hydrogen-bond acceptors (Lipinski definition) is 2. The van der Waals surface area contributed by atoms with Gasteiger partial charge < -0.3 is 5.32 Å². The van der Waals surface area contributed by atoms with Gasteiger partial charge in [0.15, 0.2) is 0 Å². The van der Waals surface area contributed by atoms with Crippen molar-refractivity contribution in [3.8, 4) is 0 Å². The monoisotopic (exact) mass is 319 g/mol. The lowest BCUT2D eigenvalue weighted by Crippen LogP contribution is -2.35. The Morgan fingerprint density at radius 3 is 2.33 bits per heavy atom. The lowest BCUT2D eigenvalue weighted by atomic mass is 10.1. The molecule has 0 saturated carbocycles. The topological polar surface area (TPSA) is 12.0 Å². The molecule has 1 N–H and O–H groups in total. The Balaban J connectivity index is 2.20. The van der Waals surface area contributed by atoms with Crippen molar-refractivity contribution in [2.45, 2.75) is 49.6 Å². The van der Waals surface area contributed by atoms with Crippen LogP contribution in [0.3, 0.4) is 0 Å². The molecule has 2 aromatic rings. The quantitative estimate of drug-likeness (QED) is 0.777. The molecule has 0 unspecified atom stereocenters. The van der Waals surface area contributed by atoms with Crippen LogP contribution in [0, 0.1) is 6.92 Å². The zero-order chi connectivity index (χ0) is 15.5. The molecular weight excluding hydrogens is 298 g/mol. The highest BCUT2D eigenvalue weighted by Crippen LogP contribution is 2.32. The van der Waals surface area contributed by atoms with Gasteiger partial charge in [-0.05, 0) is 63.6 Å². The Bertz CT molecular complexity index is 600. The fourth-order valence-corrected chi connectivity index (χ4v) is 3.00. The van der Waals surface area contributed by atoms with Crippen molar-refractivity contribution >= 4 is 23.4 Å². The standard InChI is InChI=1S/C18H22ClNS/c1-13-5-8-16(9-6-13)21-17-10-7-15(19)11-14(17)12-20-18(2,3)4/h5-11,20H,12H2,1-4H3.